The van der Waals surface area contributed by atoms with Gasteiger partial charge in [-0.15, -0.1) is 0 Å². The molecular weight excluding hydrogens is 276 g/mol. The van der Waals surface area contributed by atoms with E-state index in [9.17, 15) is 9.59 Å². The molecule has 0 aromatic heterocycles. The van der Waals surface area contributed by atoms with Crippen LogP contribution in [-0.2, 0) is 19.1 Å². The summed E-state index contributed by atoms with van der Waals surface area (Å²) in [7, 11) is 5.69. The monoisotopic (exact) mass is 296 g/mol. The van der Waals surface area contributed by atoms with Crippen LogP contribution in [-0.4, -0.2) is 40.4 Å². The molecule has 0 aliphatic rings. The number of hydrogen-bond donors (Lipinski definition) is 0. The normalized spacial score (nSPS) is 10.1. The fraction of sp³-hybridized carbons (Fsp3) is 0.467. The number of benzene rings is 1. The maximum Gasteiger partial charge on any atom is 0.306 e. The summed E-state index contributed by atoms with van der Waals surface area (Å²) in [5.74, 6) is -0.00653. The van der Waals surface area contributed by atoms with Gasteiger partial charge in [-0.25, -0.2) is 0 Å². The van der Waals surface area contributed by atoms with Crippen LogP contribution in [0, 0.1) is 0 Å². The summed E-state index contributed by atoms with van der Waals surface area (Å²) >= 11 is 0. The van der Waals surface area contributed by atoms with Crippen molar-refractivity contribution in [2.45, 2.75) is 18.8 Å². The van der Waals surface area contributed by atoms with Crippen LogP contribution in [0.25, 0.3) is 0 Å². The van der Waals surface area contributed by atoms with E-state index in [1.165, 1.54) is 28.4 Å². The molecule has 0 fully saturated rings. The van der Waals surface area contributed by atoms with Crippen LogP contribution in [0.1, 0.15) is 24.3 Å². The first-order valence-electron chi connectivity index (χ1n) is 6.41. The van der Waals surface area contributed by atoms with Gasteiger partial charge in [0.2, 0.25) is 0 Å². The highest BCUT2D eigenvalue weighted by atomic mass is 16.5. The Bertz CT molecular complexity index is 479. The minimum atomic E-state index is -0.390. The number of carbonyl (C=O) groups excluding carboxylic acids is 2. The second-order valence-corrected chi connectivity index (χ2v) is 4.37. The van der Waals surface area contributed by atoms with Crippen molar-refractivity contribution in [1.82, 2.24) is 0 Å². The Morgan fingerprint density at radius 3 is 1.86 bits per heavy atom. The minimum absolute atomic E-state index is 0.0844. The third kappa shape index (κ3) is 4.66. The molecule has 0 radical (unpaired) electrons. The largest absolute Gasteiger partial charge is 0.493 e. The van der Waals surface area contributed by atoms with E-state index in [1.54, 1.807) is 18.2 Å². The molecular formula is C15H20O6. The van der Waals surface area contributed by atoms with Crippen LogP contribution in [0.3, 0.4) is 0 Å². The van der Waals surface area contributed by atoms with Crippen LogP contribution < -0.4 is 9.47 Å². The van der Waals surface area contributed by atoms with E-state index in [1.807, 2.05) is 0 Å². The van der Waals surface area contributed by atoms with Gasteiger partial charge < -0.3 is 18.9 Å². The first-order chi connectivity index (χ1) is 10.0. The van der Waals surface area contributed by atoms with Crippen LogP contribution >= 0.6 is 0 Å². The molecule has 0 bridgehead atoms. The molecule has 1 aromatic rings. The smallest absolute Gasteiger partial charge is 0.306 e. The fourth-order valence-corrected chi connectivity index (χ4v) is 1.98. The van der Waals surface area contributed by atoms with Crippen LogP contribution in [0.4, 0.5) is 0 Å². The Labute approximate surface area is 123 Å². The molecule has 1 aromatic carbocycles. The first kappa shape index (κ1) is 16.8. The van der Waals surface area contributed by atoms with E-state index in [4.69, 9.17) is 9.47 Å². The molecule has 6 heteroatoms. The third-order valence-electron chi connectivity index (χ3n) is 3.16. The van der Waals surface area contributed by atoms with Gasteiger partial charge in [0.25, 0.3) is 0 Å². The molecule has 0 aliphatic heterocycles. The maximum atomic E-state index is 11.5. The Morgan fingerprint density at radius 1 is 0.905 bits per heavy atom. The molecule has 0 atom stereocenters. The molecule has 0 heterocycles. The Balaban J connectivity index is 3.06. The molecule has 0 unspecified atom stereocenters. The SMILES string of the molecule is COC(=O)CC(CC(=O)OC)c1ccc(OC)c(OC)c1. The van der Waals surface area contributed by atoms with Crippen molar-refractivity contribution in [1.29, 1.82) is 0 Å². The number of carbonyl (C=O) groups is 2. The second kappa shape index (κ2) is 8.14. The summed E-state index contributed by atoms with van der Waals surface area (Å²) < 4.78 is 19.7. The average Bonchev–Trinajstić information content (AvgIpc) is 2.52. The van der Waals surface area contributed by atoms with E-state index in [0.29, 0.717) is 11.5 Å². The van der Waals surface area contributed by atoms with Gasteiger partial charge in [-0.05, 0) is 17.7 Å². The van der Waals surface area contributed by atoms with Crippen molar-refractivity contribution in [3.63, 3.8) is 0 Å². The van der Waals surface area contributed by atoms with Gasteiger partial charge in [-0.3, -0.25) is 9.59 Å². The van der Waals surface area contributed by atoms with Crippen molar-refractivity contribution < 1.29 is 28.5 Å². The highest BCUT2D eigenvalue weighted by Crippen LogP contribution is 2.33. The lowest BCUT2D eigenvalue weighted by Gasteiger charge is -2.17. The molecule has 1 rings (SSSR count). The molecule has 0 aliphatic carbocycles. The molecule has 0 N–H and O–H groups in total. The summed E-state index contributed by atoms with van der Waals surface area (Å²) in [6.45, 7) is 0. The van der Waals surface area contributed by atoms with E-state index < -0.39 is 11.9 Å². The van der Waals surface area contributed by atoms with E-state index in [0.717, 1.165) is 5.56 Å². The Kier molecular flexibility index (Phi) is 6.52. The zero-order chi connectivity index (χ0) is 15.8. The molecule has 0 saturated carbocycles. The maximum absolute atomic E-state index is 11.5. The van der Waals surface area contributed by atoms with E-state index in [-0.39, 0.29) is 18.8 Å². The summed E-state index contributed by atoms with van der Waals surface area (Å²) in [6.07, 6.45) is 0.169. The quantitative estimate of drug-likeness (QED) is 0.716. The zero-order valence-electron chi connectivity index (χ0n) is 12.7. The highest BCUT2D eigenvalue weighted by molar-refractivity contribution is 5.74. The van der Waals surface area contributed by atoms with Gasteiger partial charge in [0.05, 0.1) is 41.3 Å². The Morgan fingerprint density at radius 2 is 1.43 bits per heavy atom. The number of rotatable bonds is 7. The van der Waals surface area contributed by atoms with Crippen molar-refractivity contribution in [3.05, 3.63) is 23.8 Å². The molecule has 0 amide bonds. The molecule has 21 heavy (non-hydrogen) atoms. The fourth-order valence-electron chi connectivity index (χ4n) is 1.98. The number of esters is 2. The average molecular weight is 296 g/mol. The van der Waals surface area contributed by atoms with Gasteiger partial charge in [-0.2, -0.15) is 0 Å². The van der Waals surface area contributed by atoms with Crippen molar-refractivity contribution >= 4 is 11.9 Å². The van der Waals surface area contributed by atoms with Gasteiger partial charge in [0, 0.05) is 5.92 Å². The van der Waals surface area contributed by atoms with Crippen molar-refractivity contribution in [2.24, 2.45) is 0 Å². The molecule has 6 nitrogen and oxygen atoms in total. The zero-order valence-corrected chi connectivity index (χ0v) is 12.7. The molecule has 116 valence electrons. The lowest BCUT2D eigenvalue weighted by molar-refractivity contribution is -0.143. The topological polar surface area (TPSA) is 71.1 Å². The number of methoxy groups -OCH3 is 4. The predicted molar refractivity (Wildman–Crippen MR) is 75.6 cm³/mol. The summed E-state index contributed by atoms with van der Waals surface area (Å²) in [6, 6.07) is 5.27. The first-order valence-corrected chi connectivity index (χ1v) is 6.41. The van der Waals surface area contributed by atoms with Crippen LogP contribution in [0.5, 0.6) is 11.5 Å². The van der Waals surface area contributed by atoms with Gasteiger partial charge in [-0.1, -0.05) is 6.07 Å². The molecule has 0 spiro atoms. The summed E-state index contributed by atoms with van der Waals surface area (Å²) in [5, 5.41) is 0. The Hall–Kier alpha value is -2.24. The lowest BCUT2D eigenvalue weighted by atomic mass is 9.92. The van der Waals surface area contributed by atoms with Gasteiger partial charge in [0.15, 0.2) is 11.5 Å². The highest BCUT2D eigenvalue weighted by Gasteiger charge is 2.22. The summed E-state index contributed by atoms with van der Waals surface area (Å²) in [5.41, 5.74) is 0.781. The summed E-state index contributed by atoms with van der Waals surface area (Å²) in [4.78, 5) is 23.0. The second-order valence-electron chi connectivity index (χ2n) is 4.37. The predicted octanol–water partition coefficient (Wildman–Crippen LogP) is 1.91. The van der Waals surface area contributed by atoms with Crippen molar-refractivity contribution in [3.8, 4) is 11.5 Å². The van der Waals surface area contributed by atoms with E-state index >= 15 is 0 Å². The minimum Gasteiger partial charge on any atom is -0.493 e. The number of hydrogen-bond acceptors (Lipinski definition) is 6. The number of ether oxygens (including phenoxy) is 4. The third-order valence-corrected chi connectivity index (χ3v) is 3.16. The van der Waals surface area contributed by atoms with Crippen LogP contribution in [0.15, 0.2) is 18.2 Å². The molecule has 0 saturated heterocycles. The van der Waals surface area contributed by atoms with Gasteiger partial charge >= 0.3 is 11.9 Å². The van der Waals surface area contributed by atoms with Crippen LogP contribution in [0.2, 0.25) is 0 Å². The van der Waals surface area contributed by atoms with Crippen molar-refractivity contribution in [2.75, 3.05) is 28.4 Å². The van der Waals surface area contributed by atoms with E-state index in [2.05, 4.69) is 9.47 Å². The van der Waals surface area contributed by atoms with Gasteiger partial charge in [0.1, 0.15) is 0 Å². The standard InChI is InChI=1S/C15H20O6/c1-18-12-6-5-10(7-13(12)19-2)11(8-14(16)20-3)9-15(17)21-4/h5-7,11H,8-9H2,1-4H3. The lowest BCUT2D eigenvalue weighted by Crippen LogP contribution is -2.14.